The van der Waals surface area contributed by atoms with Gasteiger partial charge in [0.15, 0.2) is 0 Å². The maximum absolute atomic E-state index is 5.25. The first-order chi connectivity index (χ1) is 8.85. The van der Waals surface area contributed by atoms with Crippen LogP contribution in [0.5, 0.6) is 0 Å². The van der Waals surface area contributed by atoms with Crippen LogP contribution in [0.1, 0.15) is 17.5 Å². The fourth-order valence-electron chi connectivity index (χ4n) is 3.12. The third-order valence-corrected chi connectivity index (χ3v) is 4.06. The van der Waals surface area contributed by atoms with Gasteiger partial charge in [0.25, 0.3) is 0 Å². The van der Waals surface area contributed by atoms with E-state index in [0.29, 0.717) is 0 Å². The standard InChI is InChI=1S/C15H22N2O/c1-18-11-13-5-7-17(10-13)9-12-2-3-14-4-6-16-15(14)8-12/h2-3,8,13,16H,4-7,9-11H2,1H3. The second-order valence-corrected chi connectivity index (χ2v) is 5.51. The number of benzene rings is 1. The van der Waals surface area contributed by atoms with Crippen molar-refractivity contribution in [3.05, 3.63) is 29.3 Å². The van der Waals surface area contributed by atoms with E-state index in [9.17, 15) is 0 Å². The summed E-state index contributed by atoms with van der Waals surface area (Å²) in [6.45, 7) is 5.47. The van der Waals surface area contributed by atoms with Crippen molar-refractivity contribution in [3.8, 4) is 0 Å². The molecule has 1 unspecified atom stereocenters. The fourth-order valence-corrected chi connectivity index (χ4v) is 3.12. The molecule has 3 heteroatoms. The Labute approximate surface area is 109 Å². The largest absolute Gasteiger partial charge is 0.384 e. The van der Waals surface area contributed by atoms with E-state index in [1.807, 2.05) is 0 Å². The number of ether oxygens (including phenoxy) is 1. The molecule has 1 atom stereocenters. The van der Waals surface area contributed by atoms with Crippen LogP contribution < -0.4 is 5.32 Å². The molecule has 2 heterocycles. The van der Waals surface area contributed by atoms with Crippen LogP contribution >= 0.6 is 0 Å². The third-order valence-electron chi connectivity index (χ3n) is 4.06. The Morgan fingerprint density at radius 3 is 3.28 bits per heavy atom. The highest BCUT2D eigenvalue weighted by Crippen LogP contribution is 2.25. The highest BCUT2D eigenvalue weighted by Gasteiger charge is 2.22. The molecule has 0 aromatic heterocycles. The van der Waals surface area contributed by atoms with E-state index >= 15 is 0 Å². The number of rotatable bonds is 4. The van der Waals surface area contributed by atoms with Gasteiger partial charge in [0, 0.05) is 32.4 Å². The summed E-state index contributed by atoms with van der Waals surface area (Å²) in [5.41, 5.74) is 4.25. The van der Waals surface area contributed by atoms with Crippen molar-refractivity contribution in [1.29, 1.82) is 0 Å². The average molecular weight is 246 g/mol. The van der Waals surface area contributed by atoms with Gasteiger partial charge in [-0.1, -0.05) is 12.1 Å². The number of hydrogen-bond acceptors (Lipinski definition) is 3. The molecule has 2 aliphatic heterocycles. The van der Waals surface area contributed by atoms with E-state index in [-0.39, 0.29) is 0 Å². The molecular formula is C15H22N2O. The number of nitrogens with zero attached hydrogens (tertiary/aromatic N) is 1. The maximum atomic E-state index is 5.25. The van der Waals surface area contributed by atoms with Crippen LogP contribution in [0.4, 0.5) is 5.69 Å². The zero-order valence-electron chi connectivity index (χ0n) is 11.1. The first-order valence-corrected chi connectivity index (χ1v) is 6.92. The molecule has 1 aromatic rings. The quantitative estimate of drug-likeness (QED) is 0.880. The van der Waals surface area contributed by atoms with E-state index in [4.69, 9.17) is 4.74 Å². The predicted octanol–water partition coefficient (Wildman–Crippen LogP) is 2.12. The summed E-state index contributed by atoms with van der Waals surface area (Å²) in [6.07, 6.45) is 2.45. The lowest BCUT2D eigenvalue weighted by molar-refractivity contribution is 0.152. The highest BCUT2D eigenvalue weighted by molar-refractivity contribution is 5.57. The number of likely N-dealkylation sites (tertiary alicyclic amines) is 1. The SMILES string of the molecule is COCC1CCN(Cc2ccc3c(c2)NCC3)C1. The van der Waals surface area contributed by atoms with Gasteiger partial charge in [0.2, 0.25) is 0 Å². The molecule has 2 aliphatic rings. The Balaban J connectivity index is 1.60. The maximum Gasteiger partial charge on any atom is 0.0503 e. The summed E-state index contributed by atoms with van der Waals surface area (Å²) >= 11 is 0. The van der Waals surface area contributed by atoms with Crippen LogP contribution in [0, 0.1) is 5.92 Å². The van der Waals surface area contributed by atoms with Crippen molar-refractivity contribution in [1.82, 2.24) is 4.90 Å². The predicted molar refractivity (Wildman–Crippen MR) is 73.9 cm³/mol. The van der Waals surface area contributed by atoms with Crippen LogP contribution in [-0.2, 0) is 17.7 Å². The minimum atomic E-state index is 0.725. The molecule has 0 aliphatic carbocycles. The number of methoxy groups -OCH3 is 1. The van der Waals surface area contributed by atoms with Gasteiger partial charge in [-0.3, -0.25) is 4.90 Å². The highest BCUT2D eigenvalue weighted by atomic mass is 16.5. The monoisotopic (exact) mass is 246 g/mol. The summed E-state index contributed by atoms with van der Waals surface area (Å²) in [5, 5.41) is 3.46. The van der Waals surface area contributed by atoms with E-state index in [1.165, 1.54) is 42.7 Å². The molecule has 1 fully saturated rings. The number of hydrogen-bond donors (Lipinski definition) is 1. The van der Waals surface area contributed by atoms with Gasteiger partial charge >= 0.3 is 0 Å². The van der Waals surface area contributed by atoms with Gasteiger partial charge in [0.1, 0.15) is 0 Å². The molecule has 3 nitrogen and oxygen atoms in total. The van der Waals surface area contributed by atoms with Crippen molar-refractivity contribution < 1.29 is 4.74 Å². The van der Waals surface area contributed by atoms with Crippen LogP contribution in [0.2, 0.25) is 0 Å². The van der Waals surface area contributed by atoms with E-state index < -0.39 is 0 Å². The summed E-state index contributed by atoms with van der Waals surface area (Å²) in [5.74, 6) is 0.725. The van der Waals surface area contributed by atoms with Gasteiger partial charge in [-0.05, 0) is 42.5 Å². The van der Waals surface area contributed by atoms with Crippen molar-refractivity contribution in [2.45, 2.75) is 19.4 Å². The lowest BCUT2D eigenvalue weighted by Crippen LogP contribution is -2.21. The molecule has 1 aromatic carbocycles. The van der Waals surface area contributed by atoms with Crippen LogP contribution in [0.15, 0.2) is 18.2 Å². The van der Waals surface area contributed by atoms with Crippen LogP contribution in [0.3, 0.4) is 0 Å². The summed E-state index contributed by atoms with van der Waals surface area (Å²) < 4.78 is 5.25. The van der Waals surface area contributed by atoms with E-state index in [2.05, 4.69) is 28.4 Å². The summed E-state index contributed by atoms with van der Waals surface area (Å²) in [7, 11) is 1.80. The number of fused-ring (bicyclic) bond motifs is 1. The minimum absolute atomic E-state index is 0.725. The molecule has 0 bridgehead atoms. The van der Waals surface area contributed by atoms with Crippen LogP contribution in [0.25, 0.3) is 0 Å². The van der Waals surface area contributed by atoms with Gasteiger partial charge in [-0.25, -0.2) is 0 Å². The summed E-state index contributed by atoms with van der Waals surface area (Å²) in [6, 6.07) is 6.90. The Hall–Kier alpha value is -1.06. The lowest BCUT2D eigenvalue weighted by Gasteiger charge is -2.16. The Morgan fingerprint density at radius 2 is 2.39 bits per heavy atom. The Morgan fingerprint density at radius 1 is 1.44 bits per heavy atom. The van der Waals surface area contributed by atoms with Gasteiger partial charge in [-0.2, -0.15) is 0 Å². The topological polar surface area (TPSA) is 24.5 Å². The second-order valence-electron chi connectivity index (χ2n) is 5.51. The number of nitrogens with one attached hydrogen (secondary N) is 1. The Kier molecular flexibility index (Phi) is 3.52. The van der Waals surface area contributed by atoms with Crippen molar-refractivity contribution in [2.24, 2.45) is 5.92 Å². The average Bonchev–Trinajstić information content (AvgIpc) is 2.98. The molecule has 1 N–H and O–H groups in total. The molecule has 0 amide bonds. The van der Waals surface area contributed by atoms with Crippen molar-refractivity contribution in [3.63, 3.8) is 0 Å². The molecule has 0 radical (unpaired) electrons. The molecular weight excluding hydrogens is 224 g/mol. The smallest absolute Gasteiger partial charge is 0.0503 e. The first kappa shape index (κ1) is 12.0. The lowest BCUT2D eigenvalue weighted by atomic mass is 10.1. The van der Waals surface area contributed by atoms with Gasteiger partial charge in [-0.15, -0.1) is 0 Å². The Bertz CT molecular complexity index is 419. The number of anilines is 1. The normalized spacial score (nSPS) is 23.1. The van der Waals surface area contributed by atoms with Gasteiger partial charge in [0.05, 0.1) is 6.61 Å². The minimum Gasteiger partial charge on any atom is -0.384 e. The fraction of sp³-hybridized carbons (Fsp3) is 0.600. The molecule has 0 spiro atoms. The molecule has 3 rings (SSSR count). The zero-order valence-corrected chi connectivity index (χ0v) is 11.1. The zero-order chi connectivity index (χ0) is 12.4. The van der Waals surface area contributed by atoms with Crippen molar-refractivity contribution >= 4 is 5.69 Å². The van der Waals surface area contributed by atoms with Crippen molar-refractivity contribution in [2.75, 3.05) is 38.7 Å². The van der Waals surface area contributed by atoms with E-state index in [1.54, 1.807) is 7.11 Å². The van der Waals surface area contributed by atoms with Crippen LogP contribution in [-0.4, -0.2) is 38.3 Å². The van der Waals surface area contributed by atoms with Gasteiger partial charge < -0.3 is 10.1 Å². The first-order valence-electron chi connectivity index (χ1n) is 6.92. The van der Waals surface area contributed by atoms with E-state index in [0.717, 1.165) is 25.6 Å². The molecule has 0 saturated carbocycles. The molecule has 98 valence electrons. The third kappa shape index (κ3) is 2.52. The summed E-state index contributed by atoms with van der Waals surface area (Å²) in [4.78, 5) is 2.54. The second kappa shape index (κ2) is 5.29. The molecule has 1 saturated heterocycles. The molecule has 18 heavy (non-hydrogen) atoms.